The van der Waals surface area contributed by atoms with Crippen LogP contribution in [0.3, 0.4) is 0 Å². The van der Waals surface area contributed by atoms with Crippen molar-refractivity contribution in [1.29, 1.82) is 0 Å². The molecule has 1 aliphatic heterocycles. The number of hydrogen-bond acceptors (Lipinski definition) is 3. The monoisotopic (exact) mass is 570 g/mol. The molecule has 2 atom stereocenters. The van der Waals surface area contributed by atoms with Crippen LogP contribution in [0.25, 0.3) is 0 Å². The lowest BCUT2D eigenvalue weighted by Crippen LogP contribution is -2.47. The molecule has 214 valence electrons. The normalized spacial score (nSPS) is 18.1. The lowest BCUT2D eigenvalue weighted by atomic mass is 9.89. The van der Waals surface area contributed by atoms with Gasteiger partial charge in [0.15, 0.2) is 0 Å². The molecule has 0 N–H and O–H groups in total. The molecule has 1 aliphatic rings. The largest absolute Gasteiger partial charge is 0.446 e. The SMILES string of the molecule is CC(C)OC(=O)N1c2ccc(C(F)(F)F)cc2[C@H](N(C=O)Cc2cc(C(F)(F)F)cc(C(F)(F)F)c2)C[C@@H]1C. The molecule has 3 rings (SSSR count). The van der Waals surface area contributed by atoms with E-state index in [0.29, 0.717) is 18.2 Å². The van der Waals surface area contributed by atoms with Crippen LogP contribution in [0.15, 0.2) is 36.4 Å². The Hall–Kier alpha value is -3.45. The Morgan fingerprint density at radius 3 is 1.95 bits per heavy atom. The van der Waals surface area contributed by atoms with E-state index in [1.54, 1.807) is 13.8 Å². The van der Waals surface area contributed by atoms with Gasteiger partial charge in [0.1, 0.15) is 0 Å². The number of fused-ring (bicyclic) bond motifs is 1. The number of alkyl halides is 9. The van der Waals surface area contributed by atoms with Gasteiger partial charge in [-0.05, 0) is 74.7 Å². The molecule has 0 saturated carbocycles. The van der Waals surface area contributed by atoms with Crippen LogP contribution < -0.4 is 4.90 Å². The van der Waals surface area contributed by atoms with Crippen molar-refractivity contribution >= 4 is 18.2 Å². The Morgan fingerprint density at radius 2 is 1.49 bits per heavy atom. The summed E-state index contributed by atoms with van der Waals surface area (Å²) in [6, 6.07) is 1.26. The van der Waals surface area contributed by atoms with Crippen molar-refractivity contribution in [2.45, 2.75) is 70.5 Å². The van der Waals surface area contributed by atoms with Gasteiger partial charge in [0.2, 0.25) is 6.41 Å². The molecule has 0 saturated heterocycles. The number of anilines is 1. The van der Waals surface area contributed by atoms with Crippen molar-refractivity contribution in [3.8, 4) is 0 Å². The molecule has 14 heteroatoms. The molecule has 0 aliphatic carbocycles. The summed E-state index contributed by atoms with van der Waals surface area (Å²) >= 11 is 0. The van der Waals surface area contributed by atoms with Gasteiger partial charge in [-0.2, -0.15) is 39.5 Å². The smallest absolute Gasteiger partial charge is 0.416 e. The summed E-state index contributed by atoms with van der Waals surface area (Å²) in [6.07, 6.45) is -16.6. The molecule has 0 fully saturated rings. The number of carbonyl (C=O) groups excluding carboxylic acids is 2. The van der Waals surface area contributed by atoms with E-state index in [0.717, 1.165) is 21.9 Å². The highest BCUT2D eigenvalue weighted by Gasteiger charge is 2.41. The predicted molar refractivity (Wildman–Crippen MR) is 120 cm³/mol. The maximum Gasteiger partial charge on any atom is 0.416 e. The summed E-state index contributed by atoms with van der Waals surface area (Å²) in [5.41, 5.74) is -5.06. The Kier molecular flexibility index (Phi) is 8.19. The number of rotatable bonds is 5. The van der Waals surface area contributed by atoms with Crippen molar-refractivity contribution in [2.75, 3.05) is 4.90 Å². The molecule has 0 spiro atoms. The van der Waals surface area contributed by atoms with E-state index in [2.05, 4.69) is 0 Å². The summed E-state index contributed by atoms with van der Waals surface area (Å²) in [7, 11) is 0. The van der Waals surface area contributed by atoms with Gasteiger partial charge >= 0.3 is 24.6 Å². The number of ether oxygens (including phenoxy) is 1. The second-order valence-corrected chi connectivity index (χ2v) is 9.37. The van der Waals surface area contributed by atoms with Crippen molar-refractivity contribution < 1.29 is 53.8 Å². The lowest BCUT2D eigenvalue weighted by Gasteiger charge is -2.42. The van der Waals surface area contributed by atoms with Crippen LogP contribution in [0.4, 0.5) is 50.0 Å². The Bertz CT molecular complexity index is 1190. The van der Waals surface area contributed by atoms with E-state index in [1.165, 1.54) is 6.92 Å². The predicted octanol–water partition coefficient (Wildman–Crippen LogP) is 7.59. The fourth-order valence-corrected chi connectivity index (χ4v) is 4.40. The van der Waals surface area contributed by atoms with Crippen LogP contribution >= 0.6 is 0 Å². The molecule has 1 heterocycles. The van der Waals surface area contributed by atoms with Gasteiger partial charge in [-0.25, -0.2) is 4.79 Å². The van der Waals surface area contributed by atoms with Crippen molar-refractivity contribution in [1.82, 2.24) is 4.90 Å². The first-order valence-corrected chi connectivity index (χ1v) is 11.5. The van der Waals surface area contributed by atoms with E-state index >= 15 is 0 Å². The van der Waals surface area contributed by atoms with Crippen LogP contribution in [-0.2, 0) is 34.6 Å². The summed E-state index contributed by atoms with van der Waals surface area (Å²) < 4.78 is 126. The first-order chi connectivity index (χ1) is 17.8. The van der Waals surface area contributed by atoms with E-state index in [1.807, 2.05) is 0 Å². The fourth-order valence-electron chi connectivity index (χ4n) is 4.40. The van der Waals surface area contributed by atoms with E-state index in [4.69, 9.17) is 4.74 Å². The van der Waals surface area contributed by atoms with Gasteiger partial charge in [0, 0.05) is 12.6 Å². The Labute approximate surface area is 217 Å². The molecule has 5 nitrogen and oxygen atoms in total. The van der Waals surface area contributed by atoms with Crippen LogP contribution in [0.5, 0.6) is 0 Å². The molecule has 0 bridgehead atoms. The van der Waals surface area contributed by atoms with Gasteiger partial charge in [0.05, 0.1) is 34.5 Å². The summed E-state index contributed by atoms with van der Waals surface area (Å²) in [5.74, 6) is 0. The molecular weight excluding hydrogens is 547 g/mol. The third kappa shape index (κ3) is 6.77. The van der Waals surface area contributed by atoms with Crippen LogP contribution in [0.2, 0.25) is 0 Å². The summed E-state index contributed by atoms with van der Waals surface area (Å²) in [6.45, 7) is 3.85. The lowest BCUT2D eigenvalue weighted by molar-refractivity contribution is -0.143. The standard InChI is InChI=1S/C25H23F9N2O3/c1-13(2)39-22(38)36-14(3)6-21(19-10-16(23(26,27)28)4-5-20(19)36)35(12-37)11-15-7-17(24(29,30)31)9-18(8-15)25(32,33)34/h4-5,7-10,12-14,21H,6,11H2,1-3H3/t14-,21+/m0/s1. The minimum Gasteiger partial charge on any atom is -0.446 e. The maximum atomic E-state index is 13.5. The Balaban J connectivity index is 2.12. The summed E-state index contributed by atoms with van der Waals surface area (Å²) in [5, 5.41) is 0. The van der Waals surface area contributed by atoms with Crippen molar-refractivity contribution in [2.24, 2.45) is 0 Å². The first kappa shape index (κ1) is 30.1. The molecule has 0 radical (unpaired) electrons. The molecule has 2 aromatic carbocycles. The molecule has 39 heavy (non-hydrogen) atoms. The quantitative estimate of drug-likeness (QED) is 0.275. The van der Waals surface area contributed by atoms with Gasteiger partial charge in [-0.15, -0.1) is 0 Å². The molecule has 2 aromatic rings. The third-order valence-corrected chi connectivity index (χ3v) is 6.06. The van der Waals surface area contributed by atoms with Crippen molar-refractivity contribution in [3.63, 3.8) is 0 Å². The third-order valence-electron chi connectivity index (χ3n) is 6.06. The molecule has 0 aromatic heterocycles. The maximum absolute atomic E-state index is 13.5. The fraction of sp³-hybridized carbons (Fsp3) is 0.440. The minimum absolute atomic E-state index is 0.0377. The van der Waals surface area contributed by atoms with E-state index in [-0.39, 0.29) is 30.1 Å². The zero-order valence-corrected chi connectivity index (χ0v) is 20.7. The second kappa shape index (κ2) is 10.6. The average Bonchev–Trinajstić information content (AvgIpc) is 2.79. The van der Waals surface area contributed by atoms with Gasteiger partial charge in [-0.3, -0.25) is 9.69 Å². The van der Waals surface area contributed by atoms with E-state index in [9.17, 15) is 49.1 Å². The average molecular weight is 570 g/mol. The van der Waals surface area contributed by atoms with Gasteiger partial charge < -0.3 is 9.64 Å². The number of benzene rings is 2. The minimum atomic E-state index is -5.13. The first-order valence-electron chi connectivity index (χ1n) is 11.5. The number of halogens is 9. The molecule has 0 unspecified atom stereocenters. The topological polar surface area (TPSA) is 49.9 Å². The zero-order valence-electron chi connectivity index (χ0n) is 20.7. The molecular formula is C25H23F9N2O3. The van der Waals surface area contributed by atoms with Gasteiger partial charge in [-0.1, -0.05) is 0 Å². The Morgan fingerprint density at radius 1 is 0.949 bits per heavy atom. The second-order valence-electron chi connectivity index (χ2n) is 9.37. The van der Waals surface area contributed by atoms with Gasteiger partial charge in [0.25, 0.3) is 0 Å². The van der Waals surface area contributed by atoms with Crippen molar-refractivity contribution in [3.05, 3.63) is 64.2 Å². The highest BCUT2D eigenvalue weighted by Crippen LogP contribution is 2.44. The highest BCUT2D eigenvalue weighted by atomic mass is 19.4. The highest BCUT2D eigenvalue weighted by molar-refractivity contribution is 5.90. The van der Waals surface area contributed by atoms with E-state index < -0.39 is 71.6 Å². The zero-order chi connectivity index (χ0) is 29.5. The number of carbonyl (C=O) groups is 2. The number of nitrogens with zero attached hydrogens (tertiary/aromatic N) is 2. The van der Waals surface area contributed by atoms with Crippen LogP contribution in [0, 0.1) is 0 Å². The van der Waals surface area contributed by atoms with Crippen LogP contribution in [-0.4, -0.2) is 29.5 Å². The number of hydrogen-bond donors (Lipinski definition) is 0. The summed E-state index contributed by atoms with van der Waals surface area (Å²) in [4.78, 5) is 26.7. The molecule has 2 amide bonds. The number of amides is 2. The van der Waals surface area contributed by atoms with Crippen LogP contribution in [0.1, 0.15) is 61.1 Å².